The van der Waals surface area contributed by atoms with Crippen molar-refractivity contribution in [3.63, 3.8) is 0 Å². The van der Waals surface area contributed by atoms with Gasteiger partial charge in [-0.05, 0) is 38.7 Å². The number of alkyl halides is 3. The molecule has 2 aliphatic carbocycles. The SMILES string of the molecule is C[C@H](NS(=O)(=O)c1ccc(-c2sc(C(=O)NC3CC(C(=O)O)C3)nc2SC2CCCCC2)c(Cl)c1Cl)C(F)(F)F. The summed E-state index contributed by atoms with van der Waals surface area (Å²) in [6.07, 6.45) is 0.989. The molecule has 1 amide bonds. The van der Waals surface area contributed by atoms with E-state index in [1.54, 1.807) is 4.72 Å². The van der Waals surface area contributed by atoms with Gasteiger partial charge in [0.05, 0.1) is 20.8 Å². The lowest BCUT2D eigenvalue weighted by Gasteiger charge is -2.32. The highest BCUT2D eigenvalue weighted by molar-refractivity contribution is 8.00. The number of halogens is 5. The smallest absolute Gasteiger partial charge is 0.404 e. The van der Waals surface area contributed by atoms with Crippen LogP contribution in [0.3, 0.4) is 0 Å². The largest absolute Gasteiger partial charge is 0.481 e. The topological polar surface area (TPSA) is 125 Å². The van der Waals surface area contributed by atoms with Crippen LogP contribution in [0.15, 0.2) is 22.1 Å². The number of hydrogen-bond acceptors (Lipinski definition) is 7. The Bertz CT molecular complexity index is 1390. The number of rotatable bonds is 9. The third-order valence-electron chi connectivity index (χ3n) is 6.85. The van der Waals surface area contributed by atoms with Crippen LogP contribution in [-0.2, 0) is 14.8 Å². The van der Waals surface area contributed by atoms with Gasteiger partial charge in [0, 0.05) is 16.9 Å². The number of amides is 1. The molecule has 0 unspecified atom stereocenters. The number of carbonyl (C=O) groups excluding carboxylic acids is 1. The molecule has 0 aliphatic heterocycles. The van der Waals surface area contributed by atoms with Crippen LogP contribution in [0.5, 0.6) is 0 Å². The zero-order valence-electron chi connectivity index (χ0n) is 21.1. The van der Waals surface area contributed by atoms with E-state index in [0.717, 1.165) is 49.5 Å². The Balaban J connectivity index is 1.65. The van der Waals surface area contributed by atoms with Crippen molar-refractivity contribution in [2.24, 2.45) is 5.92 Å². The molecule has 0 radical (unpaired) electrons. The predicted octanol–water partition coefficient (Wildman–Crippen LogP) is 6.36. The van der Waals surface area contributed by atoms with E-state index in [4.69, 9.17) is 28.3 Å². The van der Waals surface area contributed by atoms with E-state index in [-0.39, 0.29) is 21.3 Å². The van der Waals surface area contributed by atoms with E-state index < -0.39 is 50.0 Å². The molecule has 16 heteroatoms. The van der Waals surface area contributed by atoms with Crippen molar-refractivity contribution in [1.82, 2.24) is 15.0 Å². The highest BCUT2D eigenvalue weighted by Crippen LogP contribution is 2.46. The quantitative estimate of drug-likeness (QED) is 0.286. The van der Waals surface area contributed by atoms with Gasteiger partial charge in [-0.3, -0.25) is 9.59 Å². The van der Waals surface area contributed by atoms with Gasteiger partial charge in [-0.2, -0.15) is 17.9 Å². The third-order valence-corrected chi connectivity index (χ3v) is 12.0. The van der Waals surface area contributed by atoms with Gasteiger partial charge >= 0.3 is 12.1 Å². The Morgan fingerprint density at radius 2 is 1.80 bits per heavy atom. The summed E-state index contributed by atoms with van der Waals surface area (Å²) in [6.45, 7) is 0.672. The summed E-state index contributed by atoms with van der Waals surface area (Å²) in [5.74, 6) is -1.88. The molecule has 0 spiro atoms. The summed E-state index contributed by atoms with van der Waals surface area (Å²) >= 11 is 15.3. The first-order chi connectivity index (χ1) is 18.7. The maximum Gasteiger partial charge on any atom is 0.404 e. The fourth-order valence-corrected chi connectivity index (χ4v) is 9.08. The molecule has 3 N–H and O–H groups in total. The molecule has 1 atom stereocenters. The summed E-state index contributed by atoms with van der Waals surface area (Å²) in [6, 6.07) is -0.229. The highest BCUT2D eigenvalue weighted by atomic mass is 35.5. The van der Waals surface area contributed by atoms with Crippen LogP contribution in [0.1, 0.15) is 61.7 Å². The second kappa shape index (κ2) is 12.3. The van der Waals surface area contributed by atoms with E-state index >= 15 is 0 Å². The van der Waals surface area contributed by atoms with E-state index in [1.807, 2.05) is 0 Å². The highest BCUT2D eigenvalue weighted by Gasteiger charge is 2.40. The number of nitrogens with zero attached hydrogens (tertiary/aromatic N) is 1. The zero-order chi connectivity index (χ0) is 29.4. The molecular formula is C24H26Cl2F3N3O5S3. The van der Waals surface area contributed by atoms with Crippen molar-refractivity contribution < 1.29 is 36.3 Å². The van der Waals surface area contributed by atoms with Gasteiger partial charge in [-0.1, -0.05) is 48.5 Å². The van der Waals surface area contributed by atoms with Gasteiger partial charge in [0.1, 0.15) is 16.0 Å². The fourth-order valence-electron chi connectivity index (χ4n) is 4.46. The van der Waals surface area contributed by atoms with Crippen LogP contribution in [0.25, 0.3) is 10.4 Å². The maximum absolute atomic E-state index is 13.0. The molecule has 1 heterocycles. The molecule has 40 heavy (non-hydrogen) atoms. The van der Waals surface area contributed by atoms with Crippen LogP contribution in [-0.4, -0.2) is 53.9 Å². The van der Waals surface area contributed by atoms with E-state index in [2.05, 4.69) is 10.3 Å². The van der Waals surface area contributed by atoms with Crippen molar-refractivity contribution in [2.75, 3.05) is 0 Å². The lowest BCUT2D eigenvalue weighted by Crippen LogP contribution is -2.46. The standard InChI is InChI=1S/C24H26Cl2F3N3O5S3/c1-11(24(27,28)29)32-40(36,37)16-8-7-15(17(25)18(16)26)19-21(38-14-5-3-2-4-6-14)31-22(39-19)20(33)30-13-9-12(10-13)23(34)35/h7-8,11-14,32H,2-6,9-10H2,1H3,(H,30,33)(H,34,35)/t11-,12?,13?/m0/s1. The number of nitrogens with one attached hydrogen (secondary N) is 2. The summed E-state index contributed by atoms with van der Waals surface area (Å²) in [4.78, 5) is 28.5. The number of carboxylic acid groups (broad SMARTS) is 1. The third kappa shape index (κ3) is 7.06. The first-order valence-corrected chi connectivity index (χ1v) is 16.4. The zero-order valence-corrected chi connectivity index (χ0v) is 25.0. The van der Waals surface area contributed by atoms with Gasteiger partial charge in [-0.15, -0.1) is 23.1 Å². The number of carbonyl (C=O) groups is 2. The van der Waals surface area contributed by atoms with Crippen LogP contribution >= 0.6 is 46.3 Å². The molecule has 1 aromatic heterocycles. The van der Waals surface area contributed by atoms with Crippen molar-refractivity contribution in [2.45, 2.75) is 85.3 Å². The molecule has 2 aromatic rings. The predicted molar refractivity (Wildman–Crippen MR) is 148 cm³/mol. The fraction of sp³-hybridized carbons (Fsp3) is 0.542. The van der Waals surface area contributed by atoms with Gasteiger partial charge in [-0.25, -0.2) is 13.4 Å². The molecular weight excluding hydrogens is 634 g/mol. The van der Waals surface area contributed by atoms with Crippen LogP contribution < -0.4 is 10.0 Å². The minimum atomic E-state index is -4.80. The lowest BCUT2D eigenvalue weighted by atomic mass is 9.80. The summed E-state index contributed by atoms with van der Waals surface area (Å²) < 4.78 is 65.8. The molecule has 1 aromatic carbocycles. The average Bonchev–Trinajstić information content (AvgIpc) is 3.25. The van der Waals surface area contributed by atoms with Crippen LogP contribution in [0, 0.1) is 5.92 Å². The van der Waals surface area contributed by atoms with Crippen molar-refractivity contribution in [1.29, 1.82) is 0 Å². The molecule has 220 valence electrons. The normalized spacial score (nSPS) is 21.1. The second-order valence-electron chi connectivity index (χ2n) is 9.83. The monoisotopic (exact) mass is 659 g/mol. The minimum Gasteiger partial charge on any atom is -0.481 e. The number of thioether (sulfide) groups is 1. The van der Waals surface area contributed by atoms with E-state index in [1.165, 1.54) is 17.8 Å². The van der Waals surface area contributed by atoms with Crippen LogP contribution in [0.4, 0.5) is 13.2 Å². The number of benzene rings is 1. The molecule has 2 aliphatic rings. The van der Waals surface area contributed by atoms with Gasteiger partial charge < -0.3 is 10.4 Å². The second-order valence-corrected chi connectivity index (χ2v) is 14.6. The van der Waals surface area contributed by atoms with Crippen LogP contribution in [0.2, 0.25) is 10.0 Å². The molecule has 2 fully saturated rings. The van der Waals surface area contributed by atoms with Crippen molar-refractivity contribution in [3.05, 3.63) is 27.2 Å². The summed E-state index contributed by atoms with van der Waals surface area (Å²) in [7, 11) is -4.67. The number of sulfonamides is 1. The summed E-state index contributed by atoms with van der Waals surface area (Å²) in [5.41, 5.74) is 0.291. The molecule has 4 rings (SSSR count). The number of aromatic nitrogens is 1. The maximum atomic E-state index is 13.0. The van der Waals surface area contributed by atoms with E-state index in [9.17, 15) is 31.2 Å². The Labute approximate surface area is 247 Å². The first-order valence-electron chi connectivity index (χ1n) is 12.5. The number of carboxylic acids is 1. The van der Waals surface area contributed by atoms with Gasteiger partial charge in [0.25, 0.3) is 5.91 Å². The molecule has 0 saturated heterocycles. The molecule has 0 bridgehead atoms. The minimum absolute atomic E-state index is 0.122. The van der Waals surface area contributed by atoms with Crippen molar-refractivity contribution >= 4 is 68.2 Å². The Kier molecular flexibility index (Phi) is 9.67. The Morgan fingerprint density at radius 1 is 1.15 bits per heavy atom. The van der Waals surface area contributed by atoms with Gasteiger partial charge in [0.15, 0.2) is 5.01 Å². The molecule has 2 saturated carbocycles. The first kappa shape index (κ1) is 31.4. The van der Waals surface area contributed by atoms with Gasteiger partial charge in [0.2, 0.25) is 10.0 Å². The average molecular weight is 661 g/mol. The van der Waals surface area contributed by atoms with Crippen molar-refractivity contribution in [3.8, 4) is 10.4 Å². The molecule has 8 nitrogen and oxygen atoms in total. The summed E-state index contributed by atoms with van der Waals surface area (Å²) in [5, 5.41) is 12.1. The number of aliphatic carboxylic acids is 1. The Morgan fingerprint density at radius 3 is 2.40 bits per heavy atom. The van der Waals surface area contributed by atoms with E-state index in [0.29, 0.717) is 35.2 Å². The Hall–Kier alpha value is -1.58. The lowest BCUT2D eigenvalue weighted by molar-refractivity contribution is -0.147. The number of thiazole rings is 1. The number of hydrogen-bond donors (Lipinski definition) is 3.